The summed E-state index contributed by atoms with van der Waals surface area (Å²) in [6, 6.07) is 6.89. The molecule has 2 aromatic rings. The van der Waals surface area contributed by atoms with Crippen molar-refractivity contribution in [3.8, 4) is 5.75 Å². The second kappa shape index (κ2) is 5.88. The molecular weight excluding hydrogens is 250 g/mol. The Hall–Kier alpha value is -1.48. The number of benzene rings is 1. The molecule has 1 aromatic heterocycles. The molecule has 1 heterocycles. The molecule has 1 aliphatic rings. The van der Waals surface area contributed by atoms with Crippen LogP contribution >= 0.6 is 0 Å². The van der Waals surface area contributed by atoms with Crippen molar-refractivity contribution in [1.29, 1.82) is 0 Å². The highest BCUT2D eigenvalue weighted by molar-refractivity contribution is 5.87. The second-order valence-corrected chi connectivity index (χ2v) is 5.49. The predicted octanol–water partition coefficient (Wildman–Crippen LogP) is 4.04. The van der Waals surface area contributed by atoms with Crippen LogP contribution in [0.1, 0.15) is 44.4 Å². The molecule has 0 aliphatic heterocycles. The standard InChI is InChI=1S/C17H23NO2/c1-3-10-19-15-7-5-6-14-13(4-2)16(20-17(14)15)11-18-12-8-9-12/h5-7,12,18H,3-4,8-11H2,1-2H3. The third kappa shape index (κ3) is 2.68. The molecule has 3 heteroatoms. The van der Waals surface area contributed by atoms with Crippen LogP contribution in [0.2, 0.25) is 0 Å². The lowest BCUT2D eigenvalue weighted by Crippen LogP contribution is -2.15. The summed E-state index contributed by atoms with van der Waals surface area (Å²) in [5.41, 5.74) is 2.22. The molecular formula is C17H23NO2. The number of ether oxygens (including phenoxy) is 1. The Kier molecular flexibility index (Phi) is 3.97. The van der Waals surface area contributed by atoms with Crippen molar-refractivity contribution in [1.82, 2.24) is 5.32 Å². The summed E-state index contributed by atoms with van der Waals surface area (Å²) < 4.78 is 11.9. The maximum atomic E-state index is 6.11. The lowest BCUT2D eigenvalue weighted by molar-refractivity contribution is 0.315. The quantitative estimate of drug-likeness (QED) is 0.827. The molecule has 0 spiro atoms. The van der Waals surface area contributed by atoms with Crippen molar-refractivity contribution in [2.24, 2.45) is 0 Å². The zero-order valence-corrected chi connectivity index (χ0v) is 12.4. The van der Waals surface area contributed by atoms with Crippen LogP contribution < -0.4 is 10.1 Å². The van der Waals surface area contributed by atoms with Gasteiger partial charge in [0.25, 0.3) is 0 Å². The van der Waals surface area contributed by atoms with Gasteiger partial charge in [-0.3, -0.25) is 0 Å². The first kappa shape index (κ1) is 13.5. The number of hydrogen-bond acceptors (Lipinski definition) is 3. The predicted molar refractivity (Wildman–Crippen MR) is 81.2 cm³/mol. The van der Waals surface area contributed by atoms with E-state index in [1.165, 1.54) is 23.8 Å². The summed E-state index contributed by atoms with van der Waals surface area (Å²) >= 11 is 0. The van der Waals surface area contributed by atoms with Gasteiger partial charge in [0.05, 0.1) is 13.2 Å². The van der Waals surface area contributed by atoms with Crippen molar-refractivity contribution >= 4 is 11.0 Å². The fourth-order valence-corrected chi connectivity index (χ4v) is 2.57. The summed E-state index contributed by atoms with van der Waals surface area (Å²) in [7, 11) is 0. The highest BCUT2D eigenvalue weighted by Gasteiger charge is 2.22. The van der Waals surface area contributed by atoms with Crippen LogP contribution in [0, 0.1) is 0 Å². The summed E-state index contributed by atoms with van der Waals surface area (Å²) in [6.07, 6.45) is 4.60. The molecule has 0 unspecified atom stereocenters. The normalized spacial score (nSPS) is 14.9. The Morgan fingerprint density at radius 2 is 2.15 bits per heavy atom. The van der Waals surface area contributed by atoms with Gasteiger partial charge in [-0.05, 0) is 31.7 Å². The van der Waals surface area contributed by atoms with E-state index in [1.54, 1.807) is 0 Å². The first-order chi connectivity index (χ1) is 9.83. The van der Waals surface area contributed by atoms with Gasteiger partial charge in [0.15, 0.2) is 11.3 Å². The highest BCUT2D eigenvalue weighted by atomic mass is 16.5. The monoisotopic (exact) mass is 273 g/mol. The van der Waals surface area contributed by atoms with E-state index in [9.17, 15) is 0 Å². The van der Waals surface area contributed by atoms with Crippen LogP contribution in [0.4, 0.5) is 0 Å². The molecule has 0 amide bonds. The number of fused-ring (bicyclic) bond motifs is 1. The highest BCUT2D eigenvalue weighted by Crippen LogP contribution is 2.33. The van der Waals surface area contributed by atoms with Gasteiger partial charge < -0.3 is 14.5 Å². The van der Waals surface area contributed by atoms with Gasteiger partial charge in [-0.15, -0.1) is 0 Å². The molecule has 3 rings (SSSR count). The molecule has 0 bridgehead atoms. The van der Waals surface area contributed by atoms with Gasteiger partial charge >= 0.3 is 0 Å². The Bertz CT molecular complexity index is 584. The Balaban J connectivity index is 1.92. The molecule has 1 N–H and O–H groups in total. The van der Waals surface area contributed by atoms with E-state index >= 15 is 0 Å². The molecule has 0 atom stereocenters. The molecule has 3 nitrogen and oxygen atoms in total. The fourth-order valence-electron chi connectivity index (χ4n) is 2.57. The van der Waals surface area contributed by atoms with Crippen LogP contribution in [0.25, 0.3) is 11.0 Å². The van der Waals surface area contributed by atoms with Gasteiger partial charge in [0, 0.05) is 17.0 Å². The molecule has 1 fully saturated rings. The van der Waals surface area contributed by atoms with Gasteiger partial charge in [0.1, 0.15) is 5.76 Å². The Labute approximate surface area is 120 Å². The van der Waals surface area contributed by atoms with Crippen LogP contribution in [0.5, 0.6) is 5.75 Å². The summed E-state index contributed by atoms with van der Waals surface area (Å²) in [4.78, 5) is 0. The third-order valence-electron chi connectivity index (χ3n) is 3.81. The second-order valence-electron chi connectivity index (χ2n) is 5.49. The molecule has 1 aliphatic carbocycles. The largest absolute Gasteiger partial charge is 0.490 e. The lowest BCUT2D eigenvalue weighted by Gasteiger charge is -2.04. The molecule has 0 radical (unpaired) electrons. The molecule has 20 heavy (non-hydrogen) atoms. The minimum Gasteiger partial charge on any atom is -0.490 e. The van der Waals surface area contributed by atoms with Crippen molar-refractivity contribution in [2.75, 3.05) is 6.61 Å². The first-order valence-electron chi connectivity index (χ1n) is 7.73. The van der Waals surface area contributed by atoms with Crippen LogP contribution in [0.3, 0.4) is 0 Å². The van der Waals surface area contributed by atoms with E-state index in [4.69, 9.17) is 9.15 Å². The topological polar surface area (TPSA) is 34.4 Å². The zero-order chi connectivity index (χ0) is 13.9. The van der Waals surface area contributed by atoms with Crippen LogP contribution in [0.15, 0.2) is 22.6 Å². The van der Waals surface area contributed by atoms with E-state index in [1.807, 2.05) is 6.07 Å². The van der Waals surface area contributed by atoms with E-state index in [0.29, 0.717) is 6.04 Å². The van der Waals surface area contributed by atoms with Crippen molar-refractivity contribution in [3.05, 3.63) is 29.5 Å². The van der Waals surface area contributed by atoms with Crippen molar-refractivity contribution < 1.29 is 9.15 Å². The number of furan rings is 1. The average Bonchev–Trinajstić information content (AvgIpc) is 3.22. The molecule has 108 valence electrons. The minimum absolute atomic E-state index is 0.698. The van der Waals surface area contributed by atoms with Gasteiger partial charge in [0.2, 0.25) is 0 Å². The maximum absolute atomic E-state index is 6.11. The minimum atomic E-state index is 0.698. The molecule has 1 aromatic carbocycles. The van der Waals surface area contributed by atoms with Gasteiger partial charge in [-0.2, -0.15) is 0 Å². The van der Waals surface area contributed by atoms with E-state index in [-0.39, 0.29) is 0 Å². The summed E-state index contributed by atoms with van der Waals surface area (Å²) in [6.45, 7) is 5.86. The third-order valence-corrected chi connectivity index (χ3v) is 3.81. The van der Waals surface area contributed by atoms with E-state index < -0.39 is 0 Å². The smallest absolute Gasteiger partial charge is 0.176 e. The Morgan fingerprint density at radius 3 is 2.85 bits per heavy atom. The summed E-state index contributed by atoms with van der Waals surface area (Å²) in [5, 5.41) is 4.74. The average molecular weight is 273 g/mol. The molecule has 1 saturated carbocycles. The fraction of sp³-hybridized carbons (Fsp3) is 0.529. The number of nitrogens with one attached hydrogen (secondary N) is 1. The van der Waals surface area contributed by atoms with Crippen molar-refractivity contribution in [3.63, 3.8) is 0 Å². The number of rotatable bonds is 7. The van der Waals surface area contributed by atoms with Crippen molar-refractivity contribution in [2.45, 2.75) is 52.1 Å². The van der Waals surface area contributed by atoms with Gasteiger partial charge in [-0.1, -0.05) is 26.0 Å². The summed E-state index contributed by atoms with van der Waals surface area (Å²) in [5.74, 6) is 1.94. The van der Waals surface area contributed by atoms with Crippen LogP contribution in [-0.2, 0) is 13.0 Å². The number of hydrogen-bond donors (Lipinski definition) is 1. The first-order valence-corrected chi connectivity index (χ1v) is 7.73. The number of para-hydroxylation sites is 1. The van der Waals surface area contributed by atoms with E-state index in [2.05, 4.69) is 31.3 Å². The SMILES string of the molecule is CCCOc1cccc2c(CC)c(CNC3CC3)oc12. The Morgan fingerprint density at radius 1 is 1.30 bits per heavy atom. The molecule has 0 saturated heterocycles. The van der Waals surface area contributed by atoms with Gasteiger partial charge in [-0.25, -0.2) is 0 Å². The van der Waals surface area contributed by atoms with E-state index in [0.717, 1.165) is 43.1 Å². The lowest BCUT2D eigenvalue weighted by atomic mass is 10.1. The maximum Gasteiger partial charge on any atom is 0.176 e. The van der Waals surface area contributed by atoms with Crippen LogP contribution in [-0.4, -0.2) is 12.6 Å². The number of aryl methyl sites for hydroxylation is 1. The zero-order valence-electron chi connectivity index (χ0n) is 12.4.